The van der Waals surface area contributed by atoms with Crippen LogP contribution in [0.3, 0.4) is 0 Å². The van der Waals surface area contributed by atoms with Crippen molar-refractivity contribution in [2.75, 3.05) is 26.2 Å². The number of benzene rings is 1. The number of piperazine rings is 1. The molecule has 1 aromatic carbocycles. The number of nitrogens with zero attached hydrogens (tertiary/aromatic N) is 1. The number of hydrogen-bond acceptors (Lipinski definition) is 3. The summed E-state index contributed by atoms with van der Waals surface area (Å²) in [4.78, 5) is 26.3. The molecule has 0 atom stereocenters. The number of carbonyl (C=O) groups is 2. The van der Waals surface area contributed by atoms with Crippen molar-refractivity contribution in [3.8, 4) is 0 Å². The van der Waals surface area contributed by atoms with Crippen molar-refractivity contribution in [2.45, 2.75) is 25.7 Å². The number of ketones is 1. The van der Waals surface area contributed by atoms with Crippen LogP contribution >= 0.6 is 0 Å². The van der Waals surface area contributed by atoms with E-state index in [-0.39, 0.29) is 18.1 Å². The van der Waals surface area contributed by atoms with Gasteiger partial charge in [-0.15, -0.1) is 0 Å². The lowest BCUT2D eigenvalue weighted by molar-refractivity contribution is -0.131. The molecule has 4 heteroatoms. The van der Waals surface area contributed by atoms with Gasteiger partial charge in [-0.05, 0) is 24.0 Å². The Bertz CT molecular complexity index is 653. The molecule has 1 fully saturated rings. The SMILES string of the molecule is O=C(CCC(=O)N1CCNCC1)c1ccc(C2=CCCC=C2)cc1. The summed E-state index contributed by atoms with van der Waals surface area (Å²) < 4.78 is 0. The fourth-order valence-corrected chi connectivity index (χ4v) is 3.11. The maximum atomic E-state index is 12.3. The van der Waals surface area contributed by atoms with Gasteiger partial charge in [-0.1, -0.05) is 42.5 Å². The topological polar surface area (TPSA) is 49.4 Å². The quantitative estimate of drug-likeness (QED) is 0.847. The van der Waals surface area contributed by atoms with Crippen molar-refractivity contribution in [3.63, 3.8) is 0 Å². The van der Waals surface area contributed by atoms with Gasteiger partial charge >= 0.3 is 0 Å². The van der Waals surface area contributed by atoms with Crippen LogP contribution in [-0.4, -0.2) is 42.8 Å². The first-order valence-corrected chi connectivity index (χ1v) is 8.73. The van der Waals surface area contributed by atoms with Crippen molar-refractivity contribution < 1.29 is 9.59 Å². The van der Waals surface area contributed by atoms with E-state index in [2.05, 4.69) is 23.5 Å². The second kappa shape index (κ2) is 8.06. The van der Waals surface area contributed by atoms with Gasteiger partial charge in [-0.3, -0.25) is 9.59 Å². The molecule has 1 heterocycles. The molecule has 1 amide bonds. The lowest BCUT2D eigenvalue weighted by atomic mass is 9.97. The van der Waals surface area contributed by atoms with Crippen LogP contribution in [0.25, 0.3) is 5.57 Å². The molecule has 126 valence electrons. The third-order valence-corrected chi connectivity index (χ3v) is 4.57. The Kier molecular flexibility index (Phi) is 5.59. The van der Waals surface area contributed by atoms with Crippen LogP contribution in [0.2, 0.25) is 0 Å². The predicted octanol–water partition coefficient (Wildman–Crippen LogP) is 2.81. The summed E-state index contributed by atoms with van der Waals surface area (Å²) in [6.45, 7) is 3.16. The Morgan fingerprint density at radius 2 is 1.75 bits per heavy atom. The molecular weight excluding hydrogens is 300 g/mol. The number of allylic oxidation sites excluding steroid dienone is 4. The average Bonchev–Trinajstić information content (AvgIpc) is 2.67. The van der Waals surface area contributed by atoms with E-state index in [4.69, 9.17) is 0 Å². The monoisotopic (exact) mass is 324 g/mol. The zero-order valence-electron chi connectivity index (χ0n) is 14.0. The minimum atomic E-state index is 0.0400. The minimum absolute atomic E-state index is 0.0400. The highest BCUT2D eigenvalue weighted by Crippen LogP contribution is 2.22. The summed E-state index contributed by atoms with van der Waals surface area (Å²) in [5.41, 5.74) is 3.04. The first kappa shape index (κ1) is 16.7. The Morgan fingerprint density at radius 3 is 2.42 bits per heavy atom. The number of rotatable bonds is 5. The number of amides is 1. The zero-order valence-corrected chi connectivity index (χ0v) is 14.0. The van der Waals surface area contributed by atoms with Gasteiger partial charge in [0.25, 0.3) is 0 Å². The van der Waals surface area contributed by atoms with E-state index in [0.29, 0.717) is 12.0 Å². The Balaban J connectivity index is 1.54. The second-order valence-corrected chi connectivity index (χ2v) is 6.27. The molecule has 0 bridgehead atoms. The fourth-order valence-electron chi connectivity index (χ4n) is 3.11. The lowest BCUT2D eigenvalue weighted by Crippen LogP contribution is -2.46. The Morgan fingerprint density at radius 1 is 1.00 bits per heavy atom. The van der Waals surface area contributed by atoms with E-state index in [1.54, 1.807) is 0 Å². The summed E-state index contributed by atoms with van der Waals surface area (Å²) in [5.74, 6) is 0.122. The van der Waals surface area contributed by atoms with Gasteiger partial charge in [-0.25, -0.2) is 0 Å². The molecule has 0 radical (unpaired) electrons. The predicted molar refractivity (Wildman–Crippen MR) is 95.8 cm³/mol. The van der Waals surface area contributed by atoms with E-state index >= 15 is 0 Å². The fraction of sp³-hybridized carbons (Fsp3) is 0.400. The Hall–Kier alpha value is -2.20. The minimum Gasteiger partial charge on any atom is -0.340 e. The summed E-state index contributed by atoms with van der Waals surface area (Å²) in [6, 6.07) is 7.73. The van der Waals surface area contributed by atoms with Gasteiger partial charge in [0.05, 0.1) is 0 Å². The van der Waals surface area contributed by atoms with E-state index < -0.39 is 0 Å². The molecular formula is C20H24N2O2. The summed E-state index contributed by atoms with van der Waals surface area (Å²) in [6.07, 6.45) is 9.28. The third-order valence-electron chi connectivity index (χ3n) is 4.57. The molecule has 24 heavy (non-hydrogen) atoms. The summed E-state index contributed by atoms with van der Waals surface area (Å²) in [5, 5.41) is 3.22. The standard InChI is InChI=1S/C20H24N2O2/c23-19(10-11-20(24)22-14-12-21-13-15-22)18-8-6-17(7-9-18)16-4-2-1-3-5-16/h2,4-9,21H,1,3,10-15H2. The van der Waals surface area contributed by atoms with Gasteiger partial charge in [0.2, 0.25) is 5.91 Å². The molecule has 4 nitrogen and oxygen atoms in total. The van der Waals surface area contributed by atoms with Crippen molar-refractivity contribution in [1.29, 1.82) is 0 Å². The van der Waals surface area contributed by atoms with Crippen LogP contribution in [0.4, 0.5) is 0 Å². The van der Waals surface area contributed by atoms with Gasteiger partial charge in [0.15, 0.2) is 5.78 Å². The molecule has 1 N–H and O–H groups in total. The maximum Gasteiger partial charge on any atom is 0.223 e. The molecule has 0 spiro atoms. The number of nitrogens with one attached hydrogen (secondary N) is 1. The van der Waals surface area contributed by atoms with Crippen LogP contribution in [0.15, 0.2) is 42.5 Å². The van der Waals surface area contributed by atoms with E-state index in [9.17, 15) is 9.59 Å². The van der Waals surface area contributed by atoms with Gasteiger partial charge in [0.1, 0.15) is 0 Å². The highest BCUT2D eigenvalue weighted by atomic mass is 16.2. The van der Waals surface area contributed by atoms with Crippen molar-refractivity contribution in [1.82, 2.24) is 10.2 Å². The van der Waals surface area contributed by atoms with Crippen LogP contribution in [0, 0.1) is 0 Å². The zero-order chi connectivity index (χ0) is 16.8. The highest BCUT2D eigenvalue weighted by molar-refractivity contribution is 5.98. The van der Waals surface area contributed by atoms with Crippen LogP contribution < -0.4 is 5.32 Å². The number of carbonyl (C=O) groups excluding carboxylic acids is 2. The van der Waals surface area contributed by atoms with Gasteiger partial charge in [-0.2, -0.15) is 0 Å². The van der Waals surface area contributed by atoms with Crippen molar-refractivity contribution >= 4 is 17.3 Å². The molecule has 3 rings (SSSR count). The summed E-state index contributed by atoms with van der Waals surface area (Å²) in [7, 11) is 0. The smallest absolute Gasteiger partial charge is 0.223 e. The van der Waals surface area contributed by atoms with Crippen LogP contribution in [0.5, 0.6) is 0 Å². The number of Topliss-reactive ketones (excluding diaryl/α,β-unsaturated/α-hetero) is 1. The number of hydrogen-bond donors (Lipinski definition) is 1. The average molecular weight is 324 g/mol. The normalized spacial score (nSPS) is 17.5. The first-order chi connectivity index (χ1) is 11.7. The van der Waals surface area contributed by atoms with Crippen LogP contribution in [0.1, 0.15) is 41.6 Å². The van der Waals surface area contributed by atoms with Gasteiger partial charge < -0.3 is 10.2 Å². The molecule has 1 saturated heterocycles. The van der Waals surface area contributed by atoms with E-state index in [1.807, 2.05) is 29.2 Å². The van der Waals surface area contributed by atoms with Crippen molar-refractivity contribution in [3.05, 3.63) is 53.6 Å². The van der Waals surface area contributed by atoms with E-state index in [1.165, 1.54) is 5.57 Å². The van der Waals surface area contributed by atoms with Gasteiger partial charge in [0, 0.05) is 44.6 Å². The molecule has 1 aliphatic carbocycles. The lowest BCUT2D eigenvalue weighted by Gasteiger charge is -2.27. The van der Waals surface area contributed by atoms with E-state index in [0.717, 1.165) is 44.6 Å². The molecule has 2 aliphatic rings. The van der Waals surface area contributed by atoms with Crippen LogP contribution in [-0.2, 0) is 4.79 Å². The second-order valence-electron chi connectivity index (χ2n) is 6.27. The highest BCUT2D eigenvalue weighted by Gasteiger charge is 2.17. The summed E-state index contributed by atoms with van der Waals surface area (Å²) >= 11 is 0. The molecule has 0 unspecified atom stereocenters. The Labute approximate surface area is 143 Å². The molecule has 1 aliphatic heterocycles. The third kappa shape index (κ3) is 4.20. The molecule has 0 aromatic heterocycles. The van der Waals surface area contributed by atoms with Crippen molar-refractivity contribution in [2.24, 2.45) is 0 Å². The largest absolute Gasteiger partial charge is 0.340 e. The molecule has 0 saturated carbocycles. The molecule has 1 aromatic rings. The maximum absolute atomic E-state index is 12.3. The first-order valence-electron chi connectivity index (χ1n) is 8.73.